The van der Waals surface area contributed by atoms with Gasteiger partial charge in [0, 0.05) is 0 Å². The lowest BCUT2D eigenvalue weighted by Crippen LogP contribution is -2.20. The molecule has 19 heavy (non-hydrogen) atoms. The maximum Gasteiger partial charge on any atom is -0.00241 e. The average Bonchev–Trinajstić information content (AvgIpc) is 2.42. The molecule has 0 aliphatic carbocycles. The smallest absolute Gasteiger partial charge is 0.00241 e. The molecule has 0 rings (SSSR count). The summed E-state index contributed by atoms with van der Waals surface area (Å²) in [4.78, 5) is 0. The molecular weight excluding hydrogens is 230 g/mol. The van der Waals surface area contributed by atoms with Crippen LogP contribution >= 0.6 is 0 Å². The molecule has 0 aromatic rings. The Balaban J connectivity index is 4.71. The molecule has 0 aromatic carbocycles. The Kier molecular flexibility index (Phi) is 10.3. The van der Waals surface area contributed by atoms with Crippen LogP contribution in [0.1, 0.15) is 72.1 Å². The molecule has 1 atom stereocenters. The monoisotopic (exact) mass is 263 g/mol. The van der Waals surface area contributed by atoms with Gasteiger partial charge < -0.3 is 5.73 Å². The highest BCUT2D eigenvalue weighted by Gasteiger charge is 2.26. The lowest BCUT2D eigenvalue weighted by Gasteiger charge is -2.31. The van der Waals surface area contributed by atoms with Gasteiger partial charge in [0.15, 0.2) is 0 Å². The summed E-state index contributed by atoms with van der Waals surface area (Å²) in [7, 11) is 0. The third-order valence-corrected chi connectivity index (χ3v) is 3.95. The lowest BCUT2D eigenvalue weighted by molar-refractivity contribution is 0.317. The van der Waals surface area contributed by atoms with Crippen LogP contribution in [0.3, 0.4) is 0 Å². The minimum absolute atomic E-state index is 0.220. The molecule has 0 aliphatic heterocycles. The van der Waals surface area contributed by atoms with E-state index in [1.54, 1.807) is 6.20 Å². The predicted molar refractivity (Wildman–Crippen MR) is 88.0 cm³/mol. The Morgan fingerprint density at radius 2 is 1.68 bits per heavy atom. The topological polar surface area (TPSA) is 26.0 Å². The zero-order valence-electron chi connectivity index (χ0n) is 13.3. The largest absolute Gasteiger partial charge is 0.404 e. The van der Waals surface area contributed by atoms with Crippen molar-refractivity contribution in [3.8, 4) is 0 Å². The Morgan fingerprint density at radius 3 is 2.21 bits per heavy atom. The molecule has 1 heteroatoms. The van der Waals surface area contributed by atoms with Gasteiger partial charge in [0.2, 0.25) is 0 Å². The van der Waals surface area contributed by atoms with Gasteiger partial charge in [-0.1, -0.05) is 84.1 Å². The van der Waals surface area contributed by atoms with Crippen molar-refractivity contribution < 1.29 is 0 Å². The normalized spacial score (nSPS) is 15.6. The molecular formula is C18H33N. The van der Waals surface area contributed by atoms with E-state index >= 15 is 0 Å². The first-order chi connectivity index (χ1) is 9.14. The van der Waals surface area contributed by atoms with Crippen molar-refractivity contribution in [2.75, 3.05) is 0 Å². The average molecular weight is 263 g/mol. The zero-order chi connectivity index (χ0) is 14.6. The number of hydrogen-bond donors (Lipinski definition) is 1. The van der Waals surface area contributed by atoms with E-state index < -0.39 is 0 Å². The summed E-state index contributed by atoms with van der Waals surface area (Å²) in [5, 5.41) is 0. The van der Waals surface area contributed by atoms with E-state index in [0.29, 0.717) is 0 Å². The van der Waals surface area contributed by atoms with Gasteiger partial charge in [0.1, 0.15) is 0 Å². The highest BCUT2D eigenvalue weighted by atomic mass is 14.5. The van der Waals surface area contributed by atoms with Crippen LogP contribution in [0.5, 0.6) is 0 Å². The summed E-state index contributed by atoms with van der Waals surface area (Å²) < 4.78 is 0. The first kappa shape index (κ1) is 18.0. The van der Waals surface area contributed by atoms with Crippen molar-refractivity contribution in [2.24, 2.45) is 11.1 Å². The Labute approximate surface area is 120 Å². The third kappa shape index (κ3) is 7.25. The quantitative estimate of drug-likeness (QED) is 0.373. The molecule has 0 amide bonds. The SMILES string of the molecule is C=C/C=C\C(=C/N)C(C)(CCCC)CCCCCC. The van der Waals surface area contributed by atoms with E-state index in [9.17, 15) is 0 Å². The van der Waals surface area contributed by atoms with Gasteiger partial charge in [-0.05, 0) is 30.0 Å². The van der Waals surface area contributed by atoms with E-state index in [-0.39, 0.29) is 5.41 Å². The van der Waals surface area contributed by atoms with Crippen molar-refractivity contribution >= 4 is 0 Å². The van der Waals surface area contributed by atoms with Crippen molar-refractivity contribution in [3.63, 3.8) is 0 Å². The number of nitrogens with two attached hydrogens (primary N) is 1. The van der Waals surface area contributed by atoms with Crippen molar-refractivity contribution in [1.29, 1.82) is 0 Å². The number of rotatable bonds is 11. The second-order valence-corrected chi connectivity index (χ2v) is 5.69. The van der Waals surface area contributed by atoms with E-state index in [1.807, 2.05) is 12.2 Å². The van der Waals surface area contributed by atoms with Gasteiger partial charge in [0.05, 0.1) is 0 Å². The fourth-order valence-electron chi connectivity index (χ4n) is 2.55. The molecule has 0 saturated carbocycles. The van der Waals surface area contributed by atoms with Crippen molar-refractivity contribution in [2.45, 2.75) is 72.1 Å². The summed E-state index contributed by atoms with van der Waals surface area (Å²) in [6.45, 7) is 10.6. The minimum Gasteiger partial charge on any atom is -0.404 e. The minimum atomic E-state index is 0.220. The Morgan fingerprint density at radius 1 is 1.05 bits per heavy atom. The van der Waals surface area contributed by atoms with Crippen LogP contribution in [0.2, 0.25) is 0 Å². The van der Waals surface area contributed by atoms with Gasteiger partial charge in [-0.3, -0.25) is 0 Å². The highest BCUT2D eigenvalue weighted by molar-refractivity contribution is 5.27. The number of allylic oxidation sites excluding steroid dienone is 4. The van der Waals surface area contributed by atoms with Gasteiger partial charge in [-0.15, -0.1) is 0 Å². The van der Waals surface area contributed by atoms with Gasteiger partial charge in [-0.25, -0.2) is 0 Å². The molecule has 0 heterocycles. The van der Waals surface area contributed by atoms with Crippen LogP contribution in [0.15, 0.2) is 36.6 Å². The van der Waals surface area contributed by atoms with E-state index in [0.717, 1.165) is 0 Å². The van der Waals surface area contributed by atoms with E-state index in [4.69, 9.17) is 5.73 Å². The zero-order valence-corrected chi connectivity index (χ0v) is 13.3. The highest BCUT2D eigenvalue weighted by Crippen LogP contribution is 2.38. The molecule has 0 aliphatic rings. The maximum atomic E-state index is 5.85. The lowest BCUT2D eigenvalue weighted by atomic mass is 9.74. The second kappa shape index (κ2) is 10.9. The fraction of sp³-hybridized carbons (Fsp3) is 0.667. The summed E-state index contributed by atoms with van der Waals surface area (Å²) in [6, 6.07) is 0. The number of hydrogen-bond acceptors (Lipinski definition) is 1. The molecule has 0 spiro atoms. The predicted octanol–water partition coefficient (Wildman–Crippen LogP) is 5.74. The van der Waals surface area contributed by atoms with E-state index in [2.05, 4.69) is 33.4 Å². The van der Waals surface area contributed by atoms with Gasteiger partial charge in [0.25, 0.3) is 0 Å². The second-order valence-electron chi connectivity index (χ2n) is 5.69. The van der Waals surface area contributed by atoms with E-state index in [1.165, 1.54) is 56.9 Å². The molecule has 0 aromatic heterocycles. The van der Waals surface area contributed by atoms with Gasteiger partial charge in [-0.2, -0.15) is 0 Å². The molecule has 1 unspecified atom stereocenters. The number of unbranched alkanes of at least 4 members (excludes halogenated alkanes) is 4. The van der Waals surface area contributed by atoms with Crippen LogP contribution in [-0.4, -0.2) is 0 Å². The Hall–Kier alpha value is -0.980. The third-order valence-electron chi connectivity index (χ3n) is 3.95. The van der Waals surface area contributed by atoms with Crippen LogP contribution in [0.25, 0.3) is 0 Å². The summed E-state index contributed by atoms with van der Waals surface area (Å²) in [6.07, 6.45) is 18.0. The van der Waals surface area contributed by atoms with Crippen LogP contribution in [0, 0.1) is 5.41 Å². The molecule has 0 bridgehead atoms. The molecule has 110 valence electrons. The van der Waals surface area contributed by atoms with Gasteiger partial charge >= 0.3 is 0 Å². The molecule has 2 N–H and O–H groups in total. The fourth-order valence-corrected chi connectivity index (χ4v) is 2.55. The standard InChI is InChI=1S/C18H33N/c1-5-8-11-12-15-18(4,14-10-7-3)17(16-19)13-9-6-2/h6,9,13,16H,2,5,7-8,10-12,14-15,19H2,1,3-4H3/b13-9-,17-16+. The first-order valence-corrected chi connectivity index (χ1v) is 7.86. The molecule has 1 nitrogen and oxygen atoms in total. The molecule has 0 fully saturated rings. The molecule has 0 saturated heterocycles. The first-order valence-electron chi connectivity index (χ1n) is 7.86. The van der Waals surface area contributed by atoms with Crippen LogP contribution < -0.4 is 5.73 Å². The summed E-state index contributed by atoms with van der Waals surface area (Å²) in [5.41, 5.74) is 7.34. The Bertz CT molecular complexity index is 288. The maximum absolute atomic E-state index is 5.85. The van der Waals surface area contributed by atoms with Crippen LogP contribution in [0.4, 0.5) is 0 Å². The van der Waals surface area contributed by atoms with Crippen molar-refractivity contribution in [3.05, 3.63) is 36.6 Å². The summed E-state index contributed by atoms with van der Waals surface area (Å²) >= 11 is 0. The van der Waals surface area contributed by atoms with Crippen LogP contribution in [-0.2, 0) is 0 Å². The summed E-state index contributed by atoms with van der Waals surface area (Å²) in [5.74, 6) is 0. The van der Waals surface area contributed by atoms with Crippen molar-refractivity contribution in [1.82, 2.24) is 0 Å². The molecule has 0 radical (unpaired) electrons.